The van der Waals surface area contributed by atoms with Crippen LogP contribution in [0.2, 0.25) is 0 Å². The normalized spacial score (nSPS) is 15.3. The Bertz CT molecular complexity index is 744. The smallest absolute Gasteiger partial charge is 0.235 e. The number of benzene rings is 1. The van der Waals surface area contributed by atoms with Crippen molar-refractivity contribution in [1.82, 2.24) is 19.7 Å². The molecule has 1 atom stereocenters. The maximum Gasteiger partial charge on any atom is 0.235 e. The maximum absolute atomic E-state index is 13.3. The average Bonchev–Trinajstić information content (AvgIpc) is 3.31. The number of amides is 1. The molecule has 2 aromatic rings. The summed E-state index contributed by atoms with van der Waals surface area (Å²) in [5.74, 6) is 0.601. The zero-order valence-corrected chi connectivity index (χ0v) is 14.9. The Morgan fingerprint density at radius 3 is 2.88 bits per heavy atom. The molecule has 1 unspecified atom stereocenters. The zero-order chi connectivity index (χ0) is 17.3. The molecule has 24 heavy (non-hydrogen) atoms. The second-order valence-electron chi connectivity index (χ2n) is 6.22. The molecule has 0 saturated heterocycles. The first kappa shape index (κ1) is 17.0. The lowest BCUT2D eigenvalue weighted by Crippen LogP contribution is -2.33. The predicted octanol–water partition coefficient (Wildman–Crippen LogP) is 3.20. The van der Waals surface area contributed by atoms with Crippen molar-refractivity contribution in [3.63, 3.8) is 0 Å². The molecule has 1 saturated carbocycles. The largest absolute Gasteiger partial charge is 0.340 e. The van der Waals surface area contributed by atoms with Gasteiger partial charge in [-0.25, -0.2) is 4.39 Å². The Morgan fingerprint density at radius 2 is 2.21 bits per heavy atom. The summed E-state index contributed by atoms with van der Waals surface area (Å²) in [6.45, 7) is 4.20. The summed E-state index contributed by atoms with van der Waals surface area (Å²) >= 11 is 1.43. The third-order valence-corrected chi connectivity index (χ3v) is 5.11. The minimum absolute atomic E-state index is 0.00717. The van der Waals surface area contributed by atoms with Crippen LogP contribution in [0.25, 0.3) is 0 Å². The van der Waals surface area contributed by atoms with Gasteiger partial charge in [0, 0.05) is 19.6 Å². The SMILES string of the molecule is Cc1nnc(SC(C)C(=O)N(C)Cc2cccc(F)c2)n1C1CC1. The molecular formula is C17H21FN4OS. The van der Waals surface area contributed by atoms with E-state index in [1.807, 2.05) is 19.9 Å². The number of hydrogen-bond acceptors (Lipinski definition) is 4. The van der Waals surface area contributed by atoms with E-state index in [0.29, 0.717) is 12.6 Å². The van der Waals surface area contributed by atoms with E-state index in [2.05, 4.69) is 14.8 Å². The number of nitrogens with zero attached hydrogens (tertiary/aromatic N) is 4. The lowest BCUT2D eigenvalue weighted by atomic mass is 10.2. The van der Waals surface area contributed by atoms with E-state index in [1.54, 1.807) is 18.0 Å². The average molecular weight is 348 g/mol. The van der Waals surface area contributed by atoms with Gasteiger partial charge in [-0.05, 0) is 44.4 Å². The van der Waals surface area contributed by atoms with Crippen LogP contribution < -0.4 is 0 Å². The van der Waals surface area contributed by atoms with Crippen molar-refractivity contribution in [2.75, 3.05) is 7.05 Å². The summed E-state index contributed by atoms with van der Waals surface area (Å²) in [5.41, 5.74) is 0.778. The molecule has 0 spiro atoms. The first-order chi connectivity index (χ1) is 11.5. The predicted molar refractivity (Wildman–Crippen MR) is 91.2 cm³/mol. The van der Waals surface area contributed by atoms with Gasteiger partial charge in [0.1, 0.15) is 11.6 Å². The van der Waals surface area contributed by atoms with Crippen LogP contribution in [-0.2, 0) is 11.3 Å². The van der Waals surface area contributed by atoms with Crippen LogP contribution in [0.4, 0.5) is 4.39 Å². The molecule has 0 bridgehead atoms. The molecular weight excluding hydrogens is 327 g/mol. The summed E-state index contributed by atoms with van der Waals surface area (Å²) in [6.07, 6.45) is 2.29. The highest BCUT2D eigenvalue weighted by Gasteiger charge is 2.30. The Balaban J connectivity index is 1.64. The monoisotopic (exact) mass is 348 g/mol. The first-order valence-corrected chi connectivity index (χ1v) is 8.91. The molecule has 0 aliphatic heterocycles. The number of hydrogen-bond donors (Lipinski definition) is 0. The van der Waals surface area contributed by atoms with Gasteiger partial charge >= 0.3 is 0 Å². The fourth-order valence-electron chi connectivity index (χ4n) is 2.69. The quantitative estimate of drug-likeness (QED) is 0.752. The minimum Gasteiger partial charge on any atom is -0.340 e. The minimum atomic E-state index is -0.288. The van der Waals surface area contributed by atoms with Crippen LogP contribution in [0.3, 0.4) is 0 Å². The summed E-state index contributed by atoms with van der Waals surface area (Å²) < 4.78 is 15.4. The second-order valence-corrected chi connectivity index (χ2v) is 7.52. The summed E-state index contributed by atoms with van der Waals surface area (Å²) in [4.78, 5) is 14.2. The number of aryl methyl sites for hydroxylation is 1. The second kappa shape index (κ2) is 6.93. The van der Waals surface area contributed by atoms with Gasteiger partial charge in [0.05, 0.1) is 5.25 Å². The molecule has 128 valence electrons. The van der Waals surface area contributed by atoms with Crippen molar-refractivity contribution in [3.8, 4) is 0 Å². The van der Waals surface area contributed by atoms with Crippen molar-refractivity contribution < 1.29 is 9.18 Å². The van der Waals surface area contributed by atoms with Crippen LogP contribution in [0.1, 0.15) is 37.2 Å². The number of halogens is 1. The van der Waals surface area contributed by atoms with Crippen molar-refractivity contribution in [2.45, 2.75) is 49.7 Å². The maximum atomic E-state index is 13.3. The lowest BCUT2D eigenvalue weighted by Gasteiger charge is -2.21. The third kappa shape index (κ3) is 3.77. The number of carbonyl (C=O) groups is 1. The van der Waals surface area contributed by atoms with Crippen molar-refractivity contribution in [3.05, 3.63) is 41.5 Å². The molecule has 1 fully saturated rings. The molecule has 5 nitrogen and oxygen atoms in total. The van der Waals surface area contributed by atoms with Gasteiger partial charge < -0.3 is 9.47 Å². The van der Waals surface area contributed by atoms with E-state index in [-0.39, 0.29) is 17.0 Å². The Hall–Kier alpha value is -1.89. The topological polar surface area (TPSA) is 51.0 Å². The number of rotatable bonds is 6. The molecule has 1 aliphatic carbocycles. The summed E-state index contributed by atoms with van der Waals surface area (Å²) in [6, 6.07) is 6.81. The van der Waals surface area contributed by atoms with E-state index in [9.17, 15) is 9.18 Å². The van der Waals surface area contributed by atoms with Crippen LogP contribution >= 0.6 is 11.8 Å². The molecule has 0 N–H and O–H groups in total. The Kier molecular flexibility index (Phi) is 4.89. The molecule has 0 radical (unpaired) electrons. The number of aromatic nitrogens is 3. The summed E-state index contributed by atoms with van der Waals surface area (Å²) in [5, 5.41) is 8.88. The first-order valence-electron chi connectivity index (χ1n) is 8.03. The van der Waals surface area contributed by atoms with Crippen molar-refractivity contribution >= 4 is 17.7 Å². The van der Waals surface area contributed by atoms with Crippen LogP contribution in [-0.4, -0.2) is 37.9 Å². The standard InChI is InChI=1S/C17H21FN4OS/c1-11(24-17-20-19-12(2)22(17)15-7-8-15)16(23)21(3)10-13-5-4-6-14(18)9-13/h4-6,9,11,15H,7-8,10H2,1-3H3. The lowest BCUT2D eigenvalue weighted by molar-refractivity contribution is -0.129. The molecule has 1 aromatic carbocycles. The van der Waals surface area contributed by atoms with Crippen molar-refractivity contribution in [1.29, 1.82) is 0 Å². The van der Waals surface area contributed by atoms with E-state index in [4.69, 9.17) is 0 Å². The van der Waals surface area contributed by atoms with Gasteiger partial charge in [-0.15, -0.1) is 10.2 Å². The van der Waals surface area contributed by atoms with Crippen LogP contribution in [0.5, 0.6) is 0 Å². The number of carbonyl (C=O) groups excluding carboxylic acids is 1. The molecule has 1 aliphatic rings. The fourth-order valence-corrected chi connectivity index (χ4v) is 3.77. The van der Waals surface area contributed by atoms with E-state index < -0.39 is 0 Å². The van der Waals surface area contributed by atoms with Gasteiger partial charge in [-0.3, -0.25) is 4.79 Å². The van der Waals surface area contributed by atoms with E-state index in [0.717, 1.165) is 29.4 Å². The van der Waals surface area contributed by atoms with Gasteiger partial charge in [0.15, 0.2) is 5.16 Å². The van der Waals surface area contributed by atoms with Gasteiger partial charge in [-0.1, -0.05) is 23.9 Å². The highest BCUT2D eigenvalue weighted by molar-refractivity contribution is 8.00. The molecule has 1 aromatic heterocycles. The van der Waals surface area contributed by atoms with Crippen LogP contribution in [0, 0.1) is 12.7 Å². The fraction of sp³-hybridized carbons (Fsp3) is 0.471. The molecule has 1 amide bonds. The summed E-state index contributed by atoms with van der Waals surface area (Å²) in [7, 11) is 1.74. The zero-order valence-electron chi connectivity index (χ0n) is 14.1. The Labute approximate surface area is 145 Å². The molecule has 1 heterocycles. The van der Waals surface area contributed by atoms with Gasteiger partial charge in [-0.2, -0.15) is 0 Å². The van der Waals surface area contributed by atoms with Crippen molar-refractivity contribution in [2.24, 2.45) is 0 Å². The highest BCUT2D eigenvalue weighted by Crippen LogP contribution is 2.39. The number of thioether (sulfide) groups is 1. The van der Waals surface area contributed by atoms with Gasteiger partial charge in [0.25, 0.3) is 0 Å². The molecule has 7 heteroatoms. The highest BCUT2D eigenvalue weighted by atomic mass is 32.2. The van der Waals surface area contributed by atoms with E-state index in [1.165, 1.54) is 23.9 Å². The molecule has 3 rings (SSSR count). The Morgan fingerprint density at radius 1 is 1.46 bits per heavy atom. The third-order valence-electron chi connectivity index (χ3n) is 4.06. The van der Waals surface area contributed by atoms with Crippen LogP contribution in [0.15, 0.2) is 29.4 Å². The van der Waals surface area contributed by atoms with E-state index >= 15 is 0 Å². The van der Waals surface area contributed by atoms with Gasteiger partial charge in [0.2, 0.25) is 5.91 Å².